The van der Waals surface area contributed by atoms with Crippen molar-refractivity contribution < 1.29 is 18.3 Å². The maximum Gasteiger partial charge on any atom is 0.416 e. The van der Waals surface area contributed by atoms with Crippen molar-refractivity contribution in [1.29, 1.82) is 0 Å². The number of rotatable bonds is 6. The van der Waals surface area contributed by atoms with E-state index in [2.05, 4.69) is 4.98 Å². The number of aliphatic hydroxyl groups is 1. The third-order valence-corrected chi connectivity index (χ3v) is 3.18. The zero-order valence-electron chi connectivity index (χ0n) is 11.6. The first-order valence-electron chi connectivity index (χ1n) is 6.55. The van der Waals surface area contributed by atoms with Crippen molar-refractivity contribution in [3.05, 3.63) is 17.7 Å². The normalized spacial score (nSPS) is 11.9. The molecule has 0 saturated heterocycles. The highest BCUT2D eigenvalue weighted by atomic mass is 19.4. The van der Waals surface area contributed by atoms with Crippen LogP contribution in [0.3, 0.4) is 0 Å². The van der Waals surface area contributed by atoms with E-state index in [-0.39, 0.29) is 30.8 Å². The van der Waals surface area contributed by atoms with Crippen molar-refractivity contribution in [1.82, 2.24) is 4.98 Å². The number of anilines is 2. The van der Waals surface area contributed by atoms with Crippen molar-refractivity contribution >= 4 is 11.6 Å². The molecular weight excluding hydrogens is 271 g/mol. The maximum absolute atomic E-state index is 12.8. The standard InChI is InChI=1S/C13H20F3N3O/c1-3-10(4-2)19(5-6-20)12-8-9(13(14,15)16)7-11(17)18-12/h7-8,10,20H,3-6H2,1-2H3,(H2,17,18). The predicted molar refractivity (Wildman–Crippen MR) is 72.5 cm³/mol. The summed E-state index contributed by atoms with van der Waals surface area (Å²) >= 11 is 0. The fourth-order valence-corrected chi connectivity index (χ4v) is 2.17. The van der Waals surface area contributed by atoms with Crippen molar-refractivity contribution in [3.63, 3.8) is 0 Å². The number of hydrogen-bond donors (Lipinski definition) is 2. The molecule has 0 radical (unpaired) electrons. The Morgan fingerprint density at radius 1 is 1.30 bits per heavy atom. The molecule has 0 saturated carbocycles. The Kier molecular flexibility index (Phi) is 5.62. The lowest BCUT2D eigenvalue weighted by Gasteiger charge is -2.31. The average molecular weight is 291 g/mol. The van der Waals surface area contributed by atoms with Gasteiger partial charge in [0.1, 0.15) is 11.6 Å². The van der Waals surface area contributed by atoms with Gasteiger partial charge >= 0.3 is 6.18 Å². The molecule has 20 heavy (non-hydrogen) atoms. The summed E-state index contributed by atoms with van der Waals surface area (Å²) in [7, 11) is 0. The minimum absolute atomic E-state index is 0.0116. The highest BCUT2D eigenvalue weighted by Gasteiger charge is 2.32. The molecule has 0 fully saturated rings. The van der Waals surface area contributed by atoms with Crippen LogP contribution in [0.2, 0.25) is 0 Å². The van der Waals surface area contributed by atoms with Crippen LogP contribution in [0.4, 0.5) is 24.8 Å². The van der Waals surface area contributed by atoms with Gasteiger partial charge in [0.05, 0.1) is 12.2 Å². The lowest BCUT2D eigenvalue weighted by molar-refractivity contribution is -0.137. The van der Waals surface area contributed by atoms with E-state index in [1.807, 2.05) is 13.8 Å². The number of nitrogen functional groups attached to an aromatic ring is 1. The van der Waals surface area contributed by atoms with Crippen LogP contribution in [0.5, 0.6) is 0 Å². The van der Waals surface area contributed by atoms with Crippen molar-refractivity contribution in [2.75, 3.05) is 23.8 Å². The molecular formula is C13H20F3N3O. The maximum atomic E-state index is 12.8. The quantitative estimate of drug-likeness (QED) is 0.846. The van der Waals surface area contributed by atoms with Crippen molar-refractivity contribution in [2.45, 2.75) is 38.9 Å². The van der Waals surface area contributed by atoms with E-state index < -0.39 is 11.7 Å². The lowest BCUT2D eigenvalue weighted by atomic mass is 10.1. The third kappa shape index (κ3) is 4.00. The van der Waals surface area contributed by atoms with E-state index in [1.54, 1.807) is 4.90 Å². The van der Waals surface area contributed by atoms with Crippen LogP contribution in [-0.2, 0) is 6.18 Å². The fourth-order valence-electron chi connectivity index (χ4n) is 2.17. The molecule has 0 atom stereocenters. The molecule has 3 N–H and O–H groups in total. The third-order valence-electron chi connectivity index (χ3n) is 3.18. The van der Waals surface area contributed by atoms with Gasteiger partial charge in [-0.05, 0) is 25.0 Å². The number of aliphatic hydroxyl groups excluding tert-OH is 1. The van der Waals surface area contributed by atoms with Gasteiger partial charge in [-0.15, -0.1) is 0 Å². The van der Waals surface area contributed by atoms with E-state index in [1.165, 1.54) is 0 Å². The topological polar surface area (TPSA) is 62.4 Å². The minimum Gasteiger partial charge on any atom is -0.395 e. The molecule has 0 aliphatic heterocycles. The van der Waals surface area contributed by atoms with Gasteiger partial charge in [-0.2, -0.15) is 13.2 Å². The van der Waals surface area contributed by atoms with Crippen LogP contribution in [0.25, 0.3) is 0 Å². The average Bonchev–Trinajstić information content (AvgIpc) is 2.37. The predicted octanol–water partition coefficient (Wildman–Crippen LogP) is 2.67. The van der Waals surface area contributed by atoms with Crippen LogP contribution >= 0.6 is 0 Å². The zero-order valence-corrected chi connectivity index (χ0v) is 11.6. The van der Waals surface area contributed by atoms with Crippen LogP contribution in [0.15, 0.2) is 12.1 Å². The molecule has 0 aliphatic carbocycles. The van der Waals surface area contributed by atoms with E-state index in [9.17, 15) is 13.2 Å². The number of hydrogen-bond acceptors (Lipinski definition) is 4. The number of nitrogens with two attached hydrogens (primary N) is 1. The summed E-state index contributed by atoms with van der Waals surface area (Å²) in [6.07, 6.45) is -2.98. The summed E-state index contributed by atoms with van der Waals surface area (Å²) in [5, 5.41) is 9.11. The summed E-state index contributed by atoms with van der Waals surface area (Å²) in [5.74, 6) is -0.0243. The summed E-state index contributed by atoms with van der Waals surface area (Å²) in [5.41, 5.74) is 4.65. The van der Waals surface area contributed by atoms with Gasteiger partial charge in [-0.1, -0.05) is 13.8 Å². The highest BCUT2D eigenvalue weighted by molar-refractivity contribution is 5.50. The van der Waals surface area contributed by atoms with Gasteiger partial charge < -0.3 is 15.7 Å². The summed E-state index contributed by atoms with van der Waals surface area (Å²) < 4.78 is 38.4. The Morgan fingerprint density at radius 2 is 1.90 bits per heavy atom. The molecule has 0 aromatic carbocycles. The first-order valence-corrected chi connectivity index (χ1v) is 6.55. The monoisotopic (exact) mass is 291 g/mol. The Hall–Kier alpha value is -1.50. The van der Waals surface area contributed by atoms with E-state index >= 15 is 0 Å². The van der Waals surface area contributed by atoms with E-state index in [0.717, 1.165) is 25.0 Å². The zero-order chi connectivity index (χ0) is 15.3. The Bertz CT molecular complexity index is 433. The molecule has 0 aliphatic rings. The molecule has 1 rings (SSSR count). The van der Waals surface area contributed by atoms with Crippen molar-refractivity contribution in [2.24, 2.45) is 0 Å². The molecule has 0 spiro atoms. The van der Waals surface area contributed by atoms with Gasteiger partial charge in [0.15, 0.2) is 0 Å². The number of aromatic nitrogens is 1. The molecule has 1 aromatic heterocycles. The highest BCUT2D eigenvalue weighted by Crippen LogP contribution is 2.33. The number of pyridine rings is 1. The molecule has 0 bridgehead atoms. The van der Waals surface area contributed by atoms with Crippen molar-refractivity contribution in [3.8, 4) is 0 Å². The van der Waals surface area contributed by atoms with Crippen LogP contribution in [0.1, 0.15) is 32.3 Å². The van der Waals surface area contributed by atoms with Gasteiger partial charge in [-0.3, -0.25) is 0 Å². The van der Waals surface area contributed by atoms with Crippen LogP contribution in [-0.4, -0.2) is 29.3 Å². The largest absolute Gasteiger partial charge is 0.416 e. The number of nitrogens with zero attached hydrogens (tertiary/aromatic N) is 2. The van der Waals surface area contributed by atoms with E-state index in [4.69, 9.17) is 10.8 Å². The molecule has 0 unspecified atom stereocenters. The Balaban J connectivity index is 3.22. The molecule has 7 heteroatoms. The lowest BCUT2D eigenvalue weighted by Crippen LogP contribution is -2.37. The number of alkyl halides is 3. The van der Waals surface area contributed by atoms with Gasteiger partial charge in [0.25, 0.3) is 0 Å². The van der Waals surface area contributed by atoms with Gasteiger partial charge in [0, 0.05) is 12.6 Å². The van der Waals surface area contributed by atoms with Gasteiger partial charge in [-0.25, -0.2) is 4.98 Å². The number of halogens is 3. The molecule has 0 amide bonds. The molecule has 1 heterocycles. The summed E-state index contributed by atoms with van der Waals surface area (Å²) in [6, 6.07) is 1.80. The first-order chi connectivity index (χ1) is 9.33. The van der Waals surface area contributed by atoms with Gasteiger partial charge in [0.2, 0.25) is 0 Å². The molecule has 4 nitrogen and oxygen atoms in total. The minimum atomic E-state index is -4.47. The molecule has 1 aromatic rings. The second-order valence-electron chi connectivity index (χ2n) is 4.52. The molecule has 114 valence electrons. The fraction of sp³-hybridized carbons (Fsp3) is 0.615. The summed E-state index contributed by atoms with van der Waals surface area (Å²) in [6.45, 7) is 3.94. The Morgan fingerprint density at radius 3 is 2.35 bits per heavy atom. The summed E-state index contributed by atoms with van der Waals surface area (Å²) in [4.78, 5) is 5.65. The second-order valence-corrected chi connectivity index (χ2v) is 4.52. The first kappa shape index (κ1) is 16.6. The Labute approximate surface area is 116 Å². The second kappa shape index (κ2) is 6.78. The van der Waals surface area contributed by atoms with Crippen LogP contribution < -0.4 is 10.6 Å². The van der Waals surface area contributed by atoms with E-state index in [0.29, 0.717) is 0 Å². The smallest absolute Gasteiger partial charge is 0.395 e. The van der Waals surface area contributed by atoms with Crippen LogP contribution in [0, 0.1) is 0 Å². The SMILES string of the molecule is CCC(CC)N(CCO)c1cc(C(F)(F)F)cc(N)n1.